The van der Waals surface area contributed by atoms with E-state index in [-0.39, 0.29) is 5.92 Å². The van der Waals surface area contributed by atoms with E-state index in [0.717, 1.165) is 0 Å². The number of carbonyl (C=O) groups excluding carboxylic acids is 1. The molecule has 1 saturated heterocycles. The number of aliphatic hydroxyl groups is 3. The Kier molecular flexibility index (Phi) is 3.60. The molecule has 1 fully saturated rings. The van der Waals surface area contributed by atoms with Crippen LogP contribution in [0.15, 0.2) is 0 Å². The van der Waals surface area contributed by atoms with Crippen LogP contribution in [0, 0.1) is 5.92 Å². The zero-order valence-corrected chi connectivity index (χ0v) is 8.25. The predicted octanol–water partition coefficient (Wildman–Crippen LogP) is -1.31. The van der Waals surface area contributed by atoms with E-state index < -0.39 is 36.8 Å². The van der Waals surface area contributed by atoms with Crippen LogP contribution in [0.1, 0.15) is 13.8 Å². The lowest BCUT2D eigenvalue weighted by atomic mass is 9.90. The molecule has 0 radical (unpaired) electrons. The quantitative estimate of drug-likeness (QED) is 0.520. The monoisotopic (exact) mass is 204 g/mol. The van der Waals surface area contributed by atoms with Crippen LogP contribution < -0.4 is 0 Å². The van der Waals surface area contributed by atoms with E-state index in [1.165, 1.54) is 0 Å². The van der Waals surface area contributed by atoms with Crippen LogP contribution in [-0.4, -0.2) is 52.1 Å². The van der Waals surface area contributed by atoms with Crippen molar-refractivity contribution >= 4 is 5.78 Å². The largest absolute Gasteiger partial charge is 0.393 e. The van der Waals surface area contributed by atoms with Gasteiger partial charge < -0.3 is 20.1 Å². The van der Waals surface area contributed by atoms with Gasteiger partial charge in [0.1, 0.15) is 18.3 Å². The number of rotatable bonds is 2. The summed E-state index contributed by atoms with van der Waals surface area (Å²) in [5.41, 5.74) is 0. The Morgan fingerprint density at radius 2 is 2.00 bits per heavy atom. The van der Waals surface area contributed by atoms with E-state index in [4.69, 9.17) is 9.84 Å². The maximum Gasteiger partial charge on any atom is 0.195 e. The van der Waals surface area contributed by atoms with E-state index in [2.05, 4.69) is 0 Å². The summed E-state index contributed by atoms with van der Waals surface area (Å²) in [5.74, 6) is -0.682. The van der Waals surface area contributed by atoms with Gasteiger partial charge in [-0.15, -0.1) is 0 Å². The minimum Gasteiger partial charge on any atom is -0.393 e. The second-order valence-electron chi connectivity index (χ2n) is 3.85. The van der Waals surface area contributed by atoms with E-state index in [9.17, 15) is 15.0 Å². The van der Waals surface area contributed by atoms with E-state index >= 15 is 0 Å². The third-order valence-corrected chi connectivity index (χ3v) is 2.41. The smallest absolute Gasteiger partial charge is 0.195 e. The fourth-order valence-electron chi connectivity index (χ4n) is 1.56. The molecule has 0 aliphatic carbocycles. The van der Waals surface area contributed by atoms with E-state index in [1.807, 2.05) is 13.8 Å². The van der Waals surface area contributed by atoms with Crippen molar-refractivity contribution in [3.8, 4) is 0 Å². The van der Waals surface area contributed by atoms with Crippen LogP contribution in [0.25, 0.3) is 0 Å². The standard InChI is InChI=1S/C9H16O5/c1-4(2)9-8(13)7(12)6(11)5(3-10)14-9/h4-5,7-10,12-13H,3H2,1-2H3/t5?,7?,8?,9-/m0/s1. The lowest BCUT2D eigenvalue weighted by Gasteiger charge is -2.37. The summed E-state index contributed by atoms with van der Waals surface area (Å²) in [6.45, 7) is 3.15. The lowest BCUT2D eigenvalue weighted by molar-refractivity contribution is -0.193. The van der Waals surface area contributed by atoms with E-state index in [0.29, 0.717) is 0 Å². The number of carbonyl (C=O) groups is 1. The number of ketones is 1. The van der Waals surface area contributed by atoms with Gasteiger partial charge in [-0.25, -0.2) is 0 Å². The van der Waals surface area contributed by atoms with Crippen LogP contribution in [0.4, 0.5) is 0 Å². The molecule has 82 valence electrons. The maximum absolute atomic E-state index is 11.2. The average Bonchev–Trinajstić information content (AvgIpc) is 2.14. The molecule has 4 atom stereocenters. The molecule has 3 unspecified atom stereocenters. The van der Waals surface area contributed by atoms with Gasteiger partial charge in [0.15, 0.2) is 5.78 Å². The Balaban J connectivity index is 2.78. The molecule has 0 aromatic rings. The van der Waals surface area contributed by atoms with Crippen molar-refractivity contribution in [1.82, 2.24) is 0 Å². The molecular weight excluding hydrogens is 188 g/mol. The third-order valence-electron chi connectivity index (χ3n) is 2.41. The highest BCUT2D eigenvalue weighted by Gasteiger charge is 2.43. The average molecular weight is 204 g/mol. The minimum absolute atomic E-state index is 0.0261. The highest BCUT2D eigenvalue weighted by molar-refractivity contribution is 5.88. The van der Waals surface area contributed by atoms with Crippen molar-refractivity contribution < 1.29 is 24.9 Å². The molecular formula is C9H16O5. The van der Waals surface area contributed by atoms with Crippen LogP contribution in [0.3, 0.4) is 0 Å². The Morgan fingerprint density at radius 3 is 2.43 bits per heavy atom. The summed E-state index contributed by atoms with van der Waals surface area (Å²) in [5, 5.41) is 27.7. The highest BCUT2D eigenvalue weighted by Crippen LogP contribution is 2.22. The normalized spacial score (nSPS) is 39.1. The van der Waals surface area contributed by atoms with Crippen LogP contribution in [0.2, 0.25) is 0 Å². The third kappa shape index (κ3) is 1.95. The van der Waals surface area contributed by atoms with Crippen LogP contribution in [-0.2, 0) is 9.53 Å². The van der Waals surface area contributed by atoms with E-state index in [1.54, 1.807) is 0 Å². The summed E-state index contributed by atoms with van der Waals surface area (Å²) < 4.78 is 5.18. The minimum atomic E-state index is -1.45. The molecule has 5 nitrogen and oxygen atoms in total. The topological polar surface area (TPSA) is 87.0 Å². The molecule has 0 saturated carbocycles. The van der Waals surface area contributed by atoms with Gasteiger partial charge in [-0.1, -0.05) is 13.8 Å². The first-order valence-electron chi connectivity index (χ1n) is 4.65. The van der Waals surface area contributed by atoms with Gasteiger partial charge >= 0.3 is 0 Å². The number of ether oxygens (including phenoxy) is 1. The van der Waals surface area contributed by atoms with Crippen LogP contribution in [0.5, 0.6) is 0 Å². The van der Waals surface area contributed by atoms with Gasteiger partial charge in [0.2, 0.25) is 0 Å². The van der Waals surface area contributed by atoms with Crippen molar-refractivity contribution in [2.75, 3.05) is 6.61 Å². The highest BCUT2D eigenvalue weighted by atomic mass is 16.5. The number of aliphatic hydroxyl groups excluding tert-OH is 3. The number of hydrogen-bond donors (Lipinski definition) is 3. The van der Waals surface area contributed by atoms with Gasteiger partial charge in [0.25, 0.3) is 0 Å². The first-order valence-corrected chi connectivity index (χ1v) is 4.65. The summed E-state index contributed by atoms with van der Waals surface area (Å²) in [4.78, 5) is 11.2. The lowest BCUT2D eigenvalue weighted by Crippen LogP contribution is -2.57. The summed E-state index contributed by atoms with van der Waals surface area (Å²) >= 11 is 0. The summed E-state index contributed by atoms with van der Waals surface area (Å²) in [6, 6.07) is 0. The van der Waals surface area contributed by atoms with Gasteiger partial charge in [-0.05, 0) is 5.92 Å². The molecule has 0 amide bonds. The maximum atomic E-state index is 11.2. The SMILES string of the molecule is CC(C)[C@@H]1OC(CO)C(=O)C(O)C1O. The van der Waals surface area contributed by atoms with Gasteiger partial charge in [-0.3, -0.25) is 4.79 Å². The first-order chi connectivity index (χ1) is 6.49. The molecule has 1 heterocycles. The number of hydrogen-bond acceptors (Lipinski definition) is 5. The van der Waals surface area contributed by atoms with Crippen LogP contribution >= 0.6 is 0 Å². The predicted molar refractivity (Wildman–Crippen MR) is 47.6 cm³/mol. The van der Waals surface area contributed by atoms with Crippen molar-refractivity contribution in [3.05, 3.63) is 0 Å². The molecule has 1 aliphatic rings. The Labute approximate surface area is 82.3 Å². The van der Waals surface area contributed by atoms with Crippen molar-refractivity contribution in [2.45, 2.75) is 38.3 Å². The first kappa shape index (κ1) is 11.6. The molecule has 5 heteroatoms. The Hall–Kier alpha value is -0.490. The molecule has 1 aliphatic heterocycles. The molecule has 0 spiro atoms. The molecule has 1 rings (SSSR count). The number of Topliss-reactive ketones (excluding diaryl/α,β-unsaturated/α-hetero) is 1. The van der Waals surface area contributed by atoms with Gasteiger partial charge in [0.05, 0.1) is 12.7 Å². The second-order valence-corrected chi connectivity index (χ2v) is 3.85. The molecule has 0 bridgehead atoms. The zero-order chi connectivity index (χ0) is 10.9. The zero-order valence-electron chi connectivity index (χ0n) is 8.25. The van der Waals surface area contributed by atoms with Crippen molar-refractivity contribution in [2.24, 2.45) is 5.92 Å². The van der Waals surface area contributed by atoms with Gasteiger partial charge in [0, 0.05) is 0 Å². The molecule has 0 aromatic carbocycles. The van der Waals surface area contributed by atoms with Gasteiger partial charge in [-0.2, -0.15) is 0 Å². The van der Waals surface area contributed by atoms with Crippen molar-refractivity contribution in [1.29, 1.82) is 0 Å². The summed E-state index contributed by atoms with van der Waals surface area (Å²) in [7, 11) is 0. The summed E-state index contributed by atoms with van der Waals surface area (Å²) in [6.07, 6.45) is -4.28. The molecule has 14 heavy (non-hydrogen) atoms. The Morgan fingerprint density at radius 1 is 1.43 bits per heavy atom. The molecule has 3 N–H and O–H groups in total. The fraction of sp³-hybridized carbons (Fsp3) is 0.889. The van der Waals surface area contributed by atoms with Crippen molar-refractivity contribution in [3.63, 3.8) is 0 Å². The Bertz CT molecular complexity index is 211. The molecule has 0 aromatic heterocycles. The second kappa shape index (κ2) is 4.35. The fourth-order valence-corrected chi connectivity index (χ4v) is 1.56.